The molecule has 0 fully saturated rings. The summed E-state index contributed by atoms with van der Waals surface area (Å²) < 4.78 is 23.7. The first-order valence-electron chi connectivity index (χ1n) is 8.04. The molecule has 3 aromatic rings. The van der Waals surface area contributed by atoms with E-state index in [9.17, 15) is 9.18 Å². The van der Waals surface area contributed by atoms with Gasteiger partial charge in [0.25, 0.3) is 0 Å². The Kier molecular flexibility index (Phi) is 5.73. The molecule has 0 saturated heterocycles. The van der Waals surface area contributed by atoms with Gasteiger partial charge >= 0.3 is 5.97 Å². The fraction of sp³-hybridized carbons (Fsp3) is 0.200. The molecular weight excluding hydrogens is 353 g/mol. The quantitative estimate of drug-likeness (QED) is 0.471. The maximum absolute atomic E-state index is 13.6. The zero-order chi connectivity index (χ0) is 18.5. The van der Waals surface area contributed by atoms with Gasteiger partial charge in [0.1, 0.15) is 6.61 Å². The molecule has 6 heteroatoms. The number of fused-ring (bicyclic) bond motifs is 1. The second-order valence-corrected chi connectivity index (χ2v) is 6.71. The van der Waals surface area contributed by atoms with Crippen LogP contribution in [0.3, 0.4) is 0 Å². The summed E-state index contributed by atoms with van der Waals surface area (Å²) in [5.74, 6) is -0.554. The molecule has 0 atom stereocenters. The van der Waals surface area contributed by atoms with Crippen molar-refractivity contribution < 1.29 is 18.7 Å². The SMILES string of the molecule is COc1ccc(COC(=O)CSc2cc(C)c3ccccc3n2)cc1F. The maximum atomic E-state index is 13.6. The predicted octanol–water partition coefficient (Wildman–Crippen LogP) is 4.53. The van der Waals surface area contributed by atoms with Gasteiger partial charge in [-0.3, -0.25) is 4.79 Å². The molecule has 0 aliphatic heterocycles. The number of hydrogen-bond donors (Lipinski definition) is 0. The minimum Gasteiger partial charge on any atom is -0.494 e. The third-order valence-corrected chi connectivity index (χ3v) is 4.74. The van der Waals surface area contributed by atoms with Crippen LogP contribution in [0, 0.1) is 12.7 Å². The number of benzene rings is 2. The van der Waals surface area contributed by atoms with Crippen molar-refractivity contribution in [2.75, 3.05) is 12.9 Å². The number of aromatic nitrogens is 1. The zero-order valence-electron chi connectivity index (χ0n) is 14.5. The number of rotatable bonds is 6. The highest BCUT2D eigenvalue weighted by Gasteiger charge is 2.09. The van der Waals surface area contributed by atoms with E-state index in [1.807, 2.05) is 37.3 Å². The van der Waals surface area contributed by atoms with E-state index in [-0.39, 0.29) is 24.1 Å². The van der Waals surface area contributed by atoms with Crippen LogP contribution in [-0.2, 0) is 16.1 Å². The van der Waals surface area contributed by atoms with Crippen molar-refractivity contribution in [1.82, 2.24) is 4.98 Å². The molecule has 0 amide bonds. The van der Waals surface area contributed by atoms with Gasteiger partial charge < -0.3 is 9.47 Å². The molecule has 1 heterocycles. The van der Waals surface area contributed by atoms with Gasteiger partial charge in [-0.05, 0) is 42.3 Å². The van der Waals surface area contributed by atoms with Gasteiger partial charge in [0.15, 0.2) is 11.6 Å². The number of hydrogen-bond acceptors (Lipinski definition) is 5. The van der Waals surface area contributed by atoms with Gasteiger partial charge in [0.05, 0.1) is 23.4 Å². The van der Waals surface area contributed by atoms with E-state index >= 15 is 0 Å². The normalized spacial score (nSPS) is 10.7. The molecule has 0 N–H and O–H groups in total. The van der Waals surface area contributed by atoms with Crippen LogP contribution in [0.25, 0.3) is 10.9 Å². The van der Waals surface area contributed by atoms with E-state index < -0.39 is 5.82 Å². The van der Waals surface area contributed by atoms with E-state index in [2.05, 4.69) is 4.98 Å². The summed E-state index contributed by atoms with van der Waals surface area (Å²) in [4.78, 5) is 16.5. The monoisotopic (exact) mass is 371 g/mol. The minimum atomic E-state index is -0.480. The van der Waals surface area contributed by atoms with Crippen molar-refractivity contribution in [2.24, 2.45) is 0 Å². The number of nitrogens with zero attached hydrogens (tertiary/aromatic N) is 1. The zero-order valence-corrected chi connectivity index (χ0v) is 15.3. The van der Waals surface area contributed by atoms with E-state index in [0.717, 1.165) is 21.5 Å². The number of carbonyl (C=O) groups is 1. The first-order chi connectivity index (χ1) is 12.6. The molecule has 0 aliphatic carbocycles. The second-order valence-electron chi connectivity index (χ2n) is 5.71. The van der Waals surface area contributed by atoms with Gasteiger partial charge in [-0.2, -0.15) is 0 Å². The largest absolute Gasteiger partial charge is 0.494 e. The second kappa shape index (κ2) is 8.19. The molecule has 2 aromatic carbocycles. The molecule has 0 saturated carbocycles. The van der Waals surface area contributed by atoms with Crippen LogP contribution in [0.2, 0.25) is 0 Å². The van der Waals surface area contributed by atoms with Crippen LogP contribution in [0.1, 0.15) is 11.1 Å². The third kappa shape index (κ3) is 4.32. The summed E-state index contributed by atoms with van der Waals surface area (Å²) in [6.45, 7) is 2.04. The van der Waals surface area contributed by atoms with Crippen molar-refractivity contribution in [3.05, 3.63) is 65.5 Å². The Bertz CT molecular complexity index is 945. The van der Waals surface area contributed by atoms with Crippen LogP contribution in [-0.4, -0.2) is 23.8 Å². The first-order valence-corrected chi connectivity index (χ1v) is 9.02. The number of aryl methyl sites for hydroxylation is 1. The summed E-state index contributed by atoms with van der Waals surface area (Å²) in [5, 5.41) is 1.87. The lowest BCUT2D eigenvalue weighted by molar-refractivity contribution is -0.141. The molecule has 0 spiro atoms. The Morgan fingerprint density at radius 1 is 1.19 bits per heavy atom. The maximum Gasteiger partial charge on any atom is 0.316 e. The number of para-hydroxylation sites is 1. The number of halogens is 1. The fourth-order valence-corrected chi connectivity index (χ4v) is 3.30. The Balaban J connectivity index is 1.56. The van der Waals surface area contributed by atoms with Gasteiger partial charge in [-0.1, -0.05) is 36.0 Å². The smallest absolute Gasteiger partial charge is 0.316 e. The number of thioether (sulfide) groups is 1. The fourth-order valence-electron chi connectivity index (χ4n) is 2.53. The van der Waals surface area contributed by atoms with Crippen LogP contribution in [0.4, 0.5) is 4.39 Å². The number of pyridine rings is 1. The van der Waals surface area contributed by atoms with Crippen LogP contribution in [0.5, 0.6) is 5.75 Å². The Hall–Kier alpha value is -2.60. The van der Waals surface area contributed by atoms with Gasteiger partial charge in [0, 0.05) is 5.39 Å². The summed E-state index contributed by atoms with van der Waals surface area (Å²) in [7, 11) is 1.40. The van der Waals surface area contributed by atoms with Gasteiger partial charge in [-0.25, -0.2) is 9.37 Å². The Morgan fingerprint density at radius 2 is 2.00 bits per heavy atom. The molecule has 1 aromatic heterocycles. The molecule has 0 unspecified atom stereocenters. The third-order valence-electron chi connectivity index (χ3n) is 3.85. The number of methoxy groups -OCH3 is 1. The standard InChI is InChI=1S/C20H18FNO3S/c1-13-9-19(22-17-6-4-3-5-15(13)17)26-12-20(23)25-11-14-7-8-18(24-2)16(21)10-14/h3-10H,11-12H2,1-2H3. The van der Waals surface area contributed by atoms with Crippen LogP contribution < -0.4 is 4.74 Å². The molecule has 134 valence electrons. The highest BCUT2D eigenvalue weighted by molar-refractivity contribution is 7.99. The number of esters is 1. The summed E-state index contributed by atoms with van der Waals surface area (Å²) in [5.41, 5.74) is 2.58. The Labute approximate surface area is 155 Å². The van der Waals surface area contributed by atoms with Crippen molar-refractivity contribution in [1.29, 1.82) is 0 Å². The first kappa shape index (κ1) is 18.2. The van der Waals surface area contributed by atoms with E-state index in [4.69, 9.17) is 9.47 Å². The predicted molar refractivity (Wildman–Crippen MR) is 100.0 cm³/mol. The molecule has 0 radical (unpaired) electrons. The average Bonchev–Trinajstić information content (AvgIpc) is 2.65. The molecule has 26 heavy (non-hydrogen) atoms. The van der Waals surface area contributed by atoms with E-state index in [0.29, 0.717) is 5.56 Å². The molecule has 4 nitrogen and oxygen atoms in total. The van der Waals surface area contributed by atoms with Gasteiger partial charge in [0.2, 0.25) is 0 Å². The van der Waals surface area contributed by atoms with Gasteiger partial charge in [-0.15, -0.1) is 0 Å². The topological polar surface area (TPSA) is 48.4 Å². The molecule has 0 aliphatic rings. The number of ether oxygens (including phenoxy) is 2. The van der Waals surface area contributed by atoms with E-state index in [1.54, 1.807) is 6.07 Å². The van der Waals surface area contributed by atoms with Crippen molar-refractivity contribution in [3.63, 3.8) is 0 Å². The molecule has 3 rings (SSSR count). The average molecular weight is 371 g/mol. The lowest BCUT2D eigenvalue weighted by Gasteiger charge is -2.08. The lowest BCUT2D eigenvalue weighted by Crippen LogP contribution is -2.07. The van der Waals surface area contributed by atoms with Crippen LogP contribution >= 0.6 is 11.8 Å². The molecular formula is C20H18FNO3S. The van der Waals surface area contributed by atoms with Crippen molar-refractivity contribution in [3.8, 4) is 5.75 Å². The molecule has 0 bridgehead atoms. The van der Waals surface area contributed by atoms with E-state index in [1.165, 1.54) is 31.0 Å². The van der Waals surface area contributed by atoms with Crippen molar-refractivity contribution in [2.45, 2.75) is 18.6 Å². The van der Waals surface area contributed by atoms with Crippen LogP contribution in [0.15, 0.2) is 53.6 Å². The summed E-state index contributed by atoms with van der Waals surface area (Å²) in [6.07, 6.45) is 0. The summed E-state index contributed by atoms with van der Waals surface area (Å²) in [6, 6.07) is 14.3. The summed E-state index contributed by atoms with van der Waals surface area (Å²) >= 11 is 1.32. The highest BCUT2D eigenvalue weighted by Crippen LogP contribution is 2.24. The highest BCUT2D eigenvalue weighted by atomic mass is 32.2. The van der Waals surface area contributed by atoms with Crippen molar-refractivity contribution >= 4 is 28.6 Å². The minimum absolute atomic E-state index is 0.0183. The Morgan fingerprint density at radius 3 is 2.77 bits per heavy atom. The lowest BCUT2D eigenvalue weighted by atomic mass is 10.1. The number of carbonyl (C=O) groups excluding carboxylic acids is 1.